The predicted octanol–water partition coefficient (Wildman–Crippen LogP) is -0.563. The molecule has 92 valence electrons. The summed E-state index contributed by atoms with van der Waals surface area (Å²) in [6, 6.07) is 4.43. The number of aromatic nitrogens is 1. The fourth-order valence-electron chi connectivity index (χ4n) is 1.28. The number of rotatable bonds is 2. The maximum absolute atomic E-state index is 9.01. The standard InChI is InChI=1S/C8H11ClN6O2/c9-4-2-1-3-5(11-4)12-8(13-16)6-7(10)15-17-14-6/h1-3,6-7,14-16H,10H2,(H,11,12,13). The van der Waals surface area contributed by atoms with Gasteiger partial charge in [-0.25, -0.2) is 14.9 Å². The fourth-order valence-corrected chi connectivity index (χ4v) is 1.44. The molecule has 2 rings (SSSR count). The molecule has 0 aromatic carbocycles. The molecule has 0 radical (unpaired) electrons. The molecule has 1 aliphatic heterocycles. The van der Waals surface area contributed by atoms with Crippen LogP contribution in [-0.2, 0) is 4.94 Å². The lowest BCUT2D eigenvalue weighted by Gasteiger charge is -2.13. The summed E-state index contributed by atoms with van der Waals surface area (Å²) < 4.78 is 0. The lowest BCUT2D eigenvalue weighted by Crippen LogP contribution is -2.50. The molecule has 0 saturated carbocycles. The van der Waals surface area contributed by atoms with Crippen molar-refractivity contribution in [2.45, 2.75) is 12.2 Å². The van der Waals surface area contributed by atoms with Crippen LogP contribution in [0.5, 0.6) is 0 Å². The van der Waals surface area contributed by atoms with E-state index in [4.69, 9.17) is 27.5 Å². The van der Waals surface area contributed by atoms with Crippen LogP contribution in [0.15, 0.2) is 23.2 Å². The zero-order valence-electron chi connectivity index (χ0n) is 8.59. The van der Waals surface area contributed by atoms with Crippen molar-refractivity contribution >= 4 is 23.3 Å². The number of hydrogen-bond acceptors (Lipinski definition) is 7. The molecular weight excluding hydrogens is 248 g/mol. The molecule has 2 atom stereocenters. The number of amidine groups is 1. The molecule has 0 amide bonds. The number of hydroxylamine groups is 3. The molecule has 0 aliphatic carbocycles. The van der Waals surface area contributed by atoms with E-state index in [1.807, 2.05) is 5.48 Å². The minimum atomic E-state index is -0.549. The molecule has 2 heterocycles. The molecule has 1 saturated heterocycles. The van der Waals surface area contributed by atoms with E-state index in [0.29, 0.717) is 11.0 Å². The van der Waals surface area contributed by atoms with E-state index in [9.17, 15) is 0 Å². The van der Waals surface area contributed by atoms with E-state index >= 15 is 0 Å². The van der Waals surface area contributed by atoms with Crippen LogP contribution in [-0.4, -0.2) is 28.2 Å². The average molecular weight is 259 g/mol. The molecule has 1 aromatic heterocycles. The highest BCUT2D eigenvalue weighted by atomic mass is 35.5. The Morgan fingerprint density at radius 1 is 1.59 bits per heavy atom. The van der Waals surface area contributed by atoms with Gasteiger partial charge in [-0.1, -0.05) is 17.7 Å². The van der Waals surface area contributed by atoms with Gasteiger partial charge in [-0.05, 0) is 12.1 Å². The summed E-state index contributed by atoms with van der Waals surface area (Å²) in [6.07, 6.45) is -0.549. The highest BCUT2D eigenvalue weighted by molar-refractivity contribution is 6.29. The van der Waals surface area contributed by atoms with Gasteiger partial charge in [0.1, 0.15) is 17.4 Å². The minimum Gasteiger partial charge on any atom is -0.312 e. The summed E-state index contributed by atoms with van der Waals surface area (Å²) in [4.78, 5) is 12.7. The van der Waals surface area contributed by atoms with E-state index in [1.54, 1.807) is 18.2 Å². The molecule has 1 aromatic rings. The molecular formula is C8H11ClN6O2. The second-order valence-corrected chi connectivity index (χ2v) is 3.66. The Labute approximate surface area is 102 Å². The first kappa shape index (κ1) is 12.2. The summed E-state index contributed by atoms with van der Waals surface area (Å²) >= 11 is 5.72. The normalized spacial score (nSPS) is 25.0. The first-order valence-electron chi connectivity index (χ1n) is 4.74. The fraction of sp³-hybridized carbons (Fsp3) is 0.250. The second kappa shape index (κ2) is 5.36. The topological polar surface area (TPSA) is 117 Å². The van der Waals surface area contributed by atoms with Gasteiger partial charge in [-0.3, -0.25) is 10.7 Å². The monoisotopic (exact) mass is 258 g/mol. The Bertz CT molecular complexity index is 428. The van der Waals surface area contributed by atoms with Gasteiger partial charge in [-0.2, -0.15) is 11.0 Å². The second-order valence-electron chi connectivity index (χ2n) is 3.27. The number of nitrogens with one attached hydrogen (secondary N) is 3. The summed E-state index contributed by atoms with van der Waals surface area (Å²) in [6.45, 7) is 0. The van der Waals surface area contributed by atoms with E-state index in [-0.39, 0.29) is 5.84 Å². The van der Waals surface area contributed by atoms with Crippen LogP contribution in [0.25, 0.3) is 0 Å². The third-order valence-corrected chi connectivity index (χ3v) is 2.30. The first-order valence-corrected chi connectivity index (χ1v) is 5.12. The highest BCUT2D eigenvalue weighted by Crippen LogP contribution is 2.13. The Morgan fingerprint density at radius 2 is 2.41 bits per heavy atom. The number of nitrogens with zero attached hydrogens (tertiary/aromatic N) is 2. The van der Waals surface area contributed by atoms with Gasteiger partial charge in [0.2, 0.25) is 0 Å². The van der Waals surface area contributed by atoms with Gasteiger partial charge >= 0.3 is 0 Å². The number of hydrogen-bond donors (Lipinski definition) is 5. The van der Waals surface area contributed by atoms with E-state index in [1.165, 1.54) is 0 Å². The summed E-state index contributed by atoms with van der Waals surface area (Å²) in [5, 5.41) is 9.32. The van der Waals surface area contributed by atoms with Crippen LogP contribution < -0.4 is 22.2 Å². The van der Waals surface area contributed by atoms with Gasteiger partial charge in [0.25, 0.3) is 0 Å². The Morgan fingerprint density at radius 3 is 3.00 bits per heavy atom. The minimum absolute atomic E-state index is 0.164. The molecule has 0 spiro atoms. The molecule has 9 heteroatoms. The summed E-state index contributed by atoms with van der Waals surface area (Å²) in [7, 11) is 0. The van der Waals surface area contributed by atoms with Crippen LogP contribution in [0.1, 0.15) is 0 Å². The molecule has 8 nitrogen and oxygen atoms in total. The number of halogens is 1. The van der Waals surface area contributed by atoms with Crippen molar-refractivity contribution in [3.05, 3.63) is 23.4 Å². The maximum Gasteiger partial charge on any atom is 0.155 e. The van der Waals surface area contributed by atoms with Crippen LogP contribution in [0.4, 0.5) is 5.82 Å². The molecule has 1 aliphatic rings. The van der Waals surface area contributed by atoms with Gasteiger partial charge in [-0.15, -0.1) is 0 Å². The van der Waals surface area contributed by atoms with Crippen molar-refractivity contribution in [1.29, 1.82) is 0 Å². The highest BCUT2D eigenvalue weighted by Gasteiger charge is 2.29. The first-order chi connectivity index (χ1) is 8.20. The zero-order valence-corrected chi connectivity index (χ0v) is 9.35. The van der Waals surface area contributed by atoms with E-state index < -0.39 is 12.2 Å². The maximum atomic E-state index is 9.01. The van der Waals surface area contributed by atoms with E-state index in [0.717, 1.165) is 0 Å². The molecule has 6 N–H and O–H groups in total. The van der Waals surface area contributed by atoms with Crippen molar-refractivity contribution in [1.82, 2.24) is 21.4 Å². The van der Waals surface area contributed by atoms with Crippen molar-refractivity contribution in [2.24, 2.45) is 10.7 Å². The predicted molar refractivity (Wildman–Crippen MR) is 60.4 cm³/mol. The number of pyridine rings is 1. The Kier molecular flexibility index (Phi) is 3.84. The van der Waals surface area contributed by atoms with Crippen molar-refractivity contribution in [3.63, 3.8) is 0 Å². The van der Waals surface area contributed by atoms with Crippen LogP contribution in [0.2, 0.25) is 5.15 Å². The summed E-state index contributed by atoms with van der Waals surface area (Å²) in [5.74, 6) is 0.507. The van der Waals surface area contributed by atoms with Crippen LogP contribution >= 0.6 is 11.6 Å². The zero-order chi connectivity index (χ0) is 12.3. The Balaban J connectivity index is 2.23. The third kappa shape index (κ3) is 2.88. The smallest absolute Gasteiger partial charge is 0.155 e. The molecule has 17 heavy (non-hydrogen) atoms. The van der Waals surface area contributed by atoms with Crippen molar-refractivity contribution in [2.75, 3.05) is 0 Å². The van der Waals surface area contributed by atoms with Crippen LogP contribution in [0.3, 0.4) is 0 Å². The molecule has 0 bridgehead atoms. The van der Waals surface area contributed by atoms with Gasteiger partial charge in [0.15, 0.2) is 11.7 Å². The lowest BCUT2D eigenvalue weighted by molar-refractivity contribution is 0.0121. The molecule has 2 unspecified atom stereocenters. The third-order valence-electron chi connectivity index (χ3n) is 2.08. The quantitative estimate of drug-likeness (QED) is 0.209. The largest absolute Gasteiger partial charge is 0.312 e. The van der Waals surface area contributed by atoms with Crippen molar-refractivity contribution < 1.29 is 10.1 Å². The lowest BCUT2D eigenvalue weighted by atomic mass is 10.2. The molecule has 1 fully saturated rings. The van der Waals surface area contributed by atoms with Crippen molar-refractivity contribution in [3.8, 4) is 0 Å². The number of nitrogens with two attached hydrogens (primary N) is 1. The van der Waals surface area contributed by atoms with Gasteiger partial charge in [0, 0.05) is 0 Å². The van der Waals surface area contributed by atoms with E-state index in [2.05, 4.69) is 20.9 Å². The Hall–Kier alpha value is -1.29. The van der Waals surface area contributed by atoms with Crippen LogP contribution in [0, 0.1) is 0 Å². The summed E-state index contributed by atoms with van der Waals surface area (Å²) in [5.41, 5.74) is 12.6. The van der Waals surface area contributed by atoms with Gasteiger partial charge < -0.3 is 5.73 Å². The number of aliphatic imine (C=N–C) groups is 1. The average Bonchev–Trinajstić information content (AvgIpc) is 2.72. The van der Waals surface area contributed by atoms with Gasteiger partial charge in [0.05, 0.1) is 0 Å². The SMILES string of the molecule is NC1NONC1C(=Nc1cccc(Cl)n1)NO.